The highest BCUT2D eigenvalue weighted by atomic mass is 35.5. The molecule has 2 N–H and O–H groups in total. The number of β-amino-alcohol motifs (C(OH)–C–C–N with tert-alkyl or cyclic N) is 1. The van der Waals surface area contributed by atoms with Gasteiger partial charge in [0.15, 0.2) is 5.82 Å². The van der Waals surface area contributed by atoms with E-state index >= 15 is 0 Å². The maximum absolute atomic E-state index is 13.7. The molecule has 0 radical (unpaired) electrons. The Bertz CT molecular complexity index is 599. The van der Waals surface area contributed by atoms with Crippen LogP contribution in [0.15, 0.2) is 22.7 Å². The number of halogens is 2. The van der Waals surface area contributed by atoms with Gasteiger partial charge in [-0.25, -0.2) is 4.39 Å². The van der Waals surface area contributed by atoms with Crippen LogP contribution in [0.3, 0.4) is 0 Å². The van der Waals surface area contributed by atoms with E-state index in [1.54, 1.807) is 12.1 Å². The van der Waals surface area contributed by atoms with Crippen LogP contribution in [0.5, 0.6) is 0 Å². The molecule has 0 saturated carbocycles. The number of aromatic nitrogens is 2. The molecule has 106 valence electrons. The van der Waals surface area contributed by atoms with E-state index in [1.165, 1.54) is 6.07 Å². The third-order valence-electron chi connectivity index (χ3n) is 3.29. The van der Waals surface area contributed by atoms with E-state index in [-0.39, 0.29) is 12.5 Å². The highest BCUT2D eigenvalue weighted by molar-refractivity contribution is 6.31. The molecule has 1 aromatic carbocycles. The monoisotopic (exact) mass is 297 g/mol. The first-order valence-corrected chi connectivity index (χ1v) is 6.68. The third-order valence-corrected chi connectivity index (χ3v) is 3.64. The van der Waals surface area contributed by atoms with Crippen molar-refractivity contribution >= 4 is 11.6 Å². The van der Waals surface area contributed by atoms with E-state index in [2.05, 4.69) is 15.5 Å². The Morgan fingerprint density at radius 2 is 2.35 bits per heavy atom. The van der Waals surface area contributed by atoms with Crippen molar-refractivity contribution < 1.29 is 14.0 Å². The Balaban J connectivity index is 1.77. The minimum atomic E-state index is -0.406. The Morgan fingerprint density at radius 3 is 3.05 bits per heavy atom. The van der Waals surface area contributed by atoms with Gasteiger partial charge in [-0.1, -0.05) is 22.8 Å². The zero-order chi connectivity index (χ0) is 14.1. The summed E-state index contributed by atoms with van der Waals surface area (Å²) >= 11 is 5.96. The van der Waals surface area contributed by atoms with Gasteiger partial charge in [-0.05, 0) is 18.6 Å². The van der Waals surface area contributed by atoms with E-state index in [4.69, 9.17) is 16.1 Å². The summed E-state index contributed by atoms with van der Waals surface area (Å²) in [7, 11) is 0. The van der Waals surface area contributed by atoms with Crippen LogP contribution in [-0.2, 0) is 6.42 Å². The lowest BCUT2D eigenvalue weighted by Crippen LogP contribution is -2.15. The molecule has 5 nitrogen and oxygen atoms in total. The van der Waals surface area contributed by atoms with Crippen molar-refractivity contribution in [3.8, 4) is 0 Å². The van der Waals surface area contributed by atoms with E-state index in [1.807, 2.05) is 0 Å². The summed E-state index contributed by atoms with van der Waals surface area (Å²) in [5, 5.41) is 16.7. The van der Waals surface area contributed by atoms with E-state index in [0.29, 0.717) is 35.3 Å². The van der Waals surface area contributed by atoms with Crippen LogP contribution < -0.4 is 5.32 Å². The van der Waals surface area contributed by atoms with Crippen molar-refractivity contribution in [3.63, 3.8) is 0 Å². The summed E-state index contributed by atoms with van der Waals surface area (Å²) in [4.78, 5) is 4.23. The summed E-state index contributed by atoms with van der Waals surface area (Å²) < 4.78 is 18.8. The number of aliphatic hydroxyl groups excluding tert-OH is 1. The molecule has 0 spiro atoms. The van der Waals surface area contributed by atoms with Crippen LogP contribution in [0.2, 0.25) is 5.02 Å². The molecule has 1 fully saturated rings. The van der Waals surface area contributed by atoms with Crippen LogP contribution in [-0.4, -0.2) is 27.9 Å². The zero-order valence-corrected chi connectivity index (χ0v) is 11.3. The quantitative estimate of drug-likeness (QED) is 0.904. The number of hydrogen-bond acceptors (Lipinski definition) is 5. The van der Waals surface area contributed by atoms with Gasteiger partial charge < -0.3 is 14.9 Å². The molecule has 7 heteroatoms. The van der Waals surface area contributed by atoms with Gasteiger partial charge in [0, 0.05) is 23.6 Å². The largest absolute Gasteiger partial charge is 0.392 e. The first-order valence-electron chi connectivity index (χ1n) is 6.30. The van der Waals surface area contributed by atoms with Gasteiger partial charge in [-0.2, -0.15) is 4.98 Å². The number of aliphatic hydroxyl groups is 1. The van der Waals surface area contributed by atoms with Crippen LogP contribution in [0.4, 0.5) is 4.39 Å². The van der Waals surface area contributed by atoms with Gasteiger partial charge in [0.2, 0.25) is 5.89 Å². The maximum atomic E-state index is 13.7. The van der Waals surface area contributed by atoms with E-state index < -0.39 is 11.9 Å². The topological polar surface area (TPSA) is 71.2 Å². The van der Waals surface area contributed by atoms with Gasteiger partial charge in [0.05, 0.1) is 12.1 Å². The smallest absolute Gasteiger partial charge is 0.243 e. The molecule has 0 aliphatic carbocycles. The first-order chi connectivity index (χ1) is 9.63. The number of benzene rings is 1. The molecule has 1 aromatic heterocycles. The number of hydrogen-bond donors (Lipinski definition) is 2. The van der Waals surface area contributed by atoms with Crippen molar-refractivity contribution in [2.75, 3.05) is 6.54 Å². The van der Waals surface area contributed by atoms with Gasteiger partial charge in [-0.3, -0.25) is 0 Å². The van der Waals surface area contributed by atoms with Crippen LogP contribution in [0.1, 0.15) is 29.7 Å². The molecule has 1 aliphatic heterocycles. The van der Waals surface area contributed by atoms with Crippen LogP contribution in [0, 0.1) is 5.82 Å². The Kier molecular flexibility index (Phi) is 3.69. The fourth-order valence-corrected chi connectivity index (χ4v) is 2.48. The molecule has 2 atom stereocenters. The summed E-state index contributed by atoms with van der Waals surface area (Å²) in [6.45, 7) is 0.502. The van der Waals surface area contributed by atoms with E-state index in [0.717, 1.165) is 0 Å². The SMILES string of the molecule is O[C@@H]1CN[C@H](c2nc(Cc3c(F)cccc3Cl)no2)C1. The lowest BCUT2D eigenvalue weighted by Gasteiger charge is -2.03. The highest BCUT2D eigenvalue weighted by Crippen LogP contribution is 2.24. The number of nitrogens with one attached hydrogen (secondary N) is 1. The second-order valence-electron chi connectivity index (χ2n) is 4.78. The predicted molar refractivity (Wildman–Crippen MR) is 69.9 cm³/mol. The summed E-state index contributed by atoms with van der Waals surface area (Å²) in [5.74, 6) is 0.387. The highest BCUT2D eigenvalue weighted by Gasteiger charge is 2.28. The van der Waals surface area contributed by atoms with Crippen molar-refractivity contribution in [2.24, 2.45) is 0 Å². The molecule has 1 saturated heterocycles. The average molecular weight is 298 g/mol. The Labute approximate surface area is 119 Å². The molecule has 0 unspecified atom stereocenters. The summed E-state index contributed by atoms with van der Waals surface area (Å²) in [6.07, 6.45) is 0.295. The molecule has 2 heterocycles. The van der Waals surface area contributed by atoms with Gasteiger partial charge >= 0.3 is 0 Å². The number of rotatable bonds is 3. The van der Waals surface area contributed by atoms with Gasteiger partial charge in [0.1, 0.15) is 5.82 Å². The molecule has 20 heavy (non-hydrogen) atoms. The number of nitrogens with zero attached hydrogens (tertiary/aromatic N) is 2. The Morgan fingerprint density at radius 1 is 1.50 bits per heavy atom. The molecule has 3 rings (SSSR count). The van der Waals surface area contributed by atoms with E-state index in [9.17, 15) is 9.50 Å². The molecular weight excluding hydrogens is 285 g/mol. The van der Waals surface area contributed by atoms with Crippen LogP contribution >= 0.6 is 11.6 Å². The molecule has 1 aliphatic rings. The Hall–Kier alpha value is -1.50. The zero-order valence-electron chi connectivity index (χ0n) is 10.5. The van der Waals surface area contributed by atoms with Crippen molar-refractivity contribution in [2.45, 2.75) is 25.0 Å². The summed E-state index contributed by atoms with van der Waals surface area (Å²) in [5.41, 5.74) is 0.348. The fraction of sp³-hybridized carbons (Fsp3) is 0.385. The lowest BCUT2D eigenvalue weighted by atomic mass is 10.1. The van der Waals surface area contributed by atoms with Crippen molar-refractivity contribution in [1.82, 2.24) is 15.5 Å². The third kappa shape index (κ3) is 2.67. The van der Waals surface area contributed by atoms with Gasteiger partial charge in [0.25, 0.3) is 0 Å². The fourth-order valence-electron chi connectivity index (χ4n) is 2.25. The normalized spacial score (nSPS) is 22.4. The molecule has 0 bridgehead atoms. The molecule has 2 aromatic rings. The maximum Gasteiger partial charge on any atom is 0.243 e. The predicted octanol–water partition coefficient (Wildman–Crippen LogP) is 1.85. The second kappa shape index (κ2) is 5.47. The summed E-state index contributed by atoms with van der Waals surface area (Å²) in [6, 6.07) is 4.36. The minimum absolute atomic E-state index is 0.151. The minimum Gasteiger partial charge on any atom is -0.392 e. The lowest BCUT2D eigenvalue weighted by molar-refractivity contribution is 0.191. The van der Waals surface area contributed by atoms with Crippen molar-refractivity contribution in [1.29, 1.82) is 0 Å². The van der Waals surface area contributed by atoms with Crippen LogP contribution in [0.25, 0.3) is 0 Å². The van der Waals surface area contributed by atoms with Gasteiger partial charge in [-0.15, -0.1) is 0 Å². The standard InChI is InChI=1S/C13H13ClFN3O2/c14-9-2-1-3-10(15)8(9)5-12-17-13(20-18-12)11-4-7(19)6-16-11/h1-3,7,11,16,19H,4-6H2/t7-,11-/m0/s1. The average Bonchev–Trinajstić information content (AvgIpc) is 3.03. The molecule has 0 amide bonds. The second-order valence-corrected chi connectivity index (χ2v) is 5.18. The molecular formula is C13H13ClFN3O2. The first kappa shape index (κ1) is 13.5. The van der Waals surface area contributed by atoms with Crippen molar-refractivity contribution in [3.05, 3.63) is 46.3 Å².